The minimum absolute atomic E-state index is 0.121. The second kappa shape index (κ2) is 8.29. The molecule has 0 spiro atoms. The van der Waals surface area contributed by atoms with Crippen molar-refractivity contribution < 1.29 is 27.4 Å². The summed E-state index contributed by atoms with van der Waals surface area (Å²) in [7, 11) is 1.31. The molecule has 0 fully saturated rings. The fourth-order valence-corrected chi connectivity index (χ4v) is 2.64. The topological polar surface area (TPSA) is 88.3 Å². The number of carbonyl (C=O) groups is 1. The number of H-pyrrole nitrogens is 1. The Bertz CT molecular complexity index is 971. The van der Waals surface area contributed by atoms with Crippen LogP contribution in [-0.4, -0.2) is 35.9 Å². The Labute approximate surface area is 164 Å². The highest BCUT2D eigenvalue weighted by Crippen LogP contribution is 2.31. The molecule has 0 aliphatic heterocycles. The maximum atomic E-state index is 12.4. The Hall–Kier alpha value is -3.43. The first-order valence-corrected chi connectivity index (χ1v) is 8.65. The molecule has 0 radical (unpaired) electrons. The van der Waals surface area contributed by atoms with Gasteiger partial charge < -0.3 is 25.1 Å². The number of ether oxygens (including phenoxy) is 2. The average Bonchev–Trinajstić information content (AvgIpc) is 3.10. The molecule has 1 heterocycles. The standard InChI is InChI=1S/C19H19F3N4O3/c1-11(17-25-13-5-3-4-6-14(13)26-17)23-18(27)24-12-7-8-15(28-2)16(9-12)29-10-19(20,21)22/h3-9,11H,10H2,1-2H3,(H,25,26)(H2,23,24,27). The van der Waals surface area contributed by atoms with E-state index in [1.54, 1.807) is 6.92 Å². The van der Waals surface area contributed by atoms with Gasteiger partial charge >= 0.3 is 12.2 Å². The fourth-order valence-electron chi connectivity index (χ4n) is 2.64. The molecule has 0 saturated heterocycles. The predicted octanol–water partition coefficient (Wildman–Crippen LogP) is 4.40. The number of alkyl halides is 3. The van der Waals surface area contributed by atoms with Crippen molar-refractivity contribution in [1.82, 2.24) is 15.3 Å². The quantitative estimate of drug-likeness (QED) is 0.564. The van der Waals surface area contributed by atoms with Crippen molar-refractivity contribution in [1.29, 1.82) is 0 Å². The number of para-hydroxylation sites is 2. The highest BCUT2D eigenvalue weighted by atomic mass is 19.4. The molecule has 154 valence electrons. The van der Waals surface area contributed by atoms with E-state index in [2.05, 4.69) is 20.6 Å². The summed E-state index contributed by atoms with van der Waals surface area (Å²) >= 11 is 0. The third kappa shape index (κ3) is 5.31. The van der Waals surface area contributed by atoms with Gasteiger partial charge in [0.15, 0.2) is 18.1 Å². The third-order valence-electron chi connectivity index (χ3n) is 3.98. The summed E-state index contributed by atoms with van der Waals surface area (Å²) in [6, 6.07) is 10.6. The first-order valence-electron chi connectivity index (χ1n) is 8.65. The number of nitrogens with zero attached hydrogens (tertiary/aromatic N) is 1. The summed E-state index contributed by atoms with van der Waals surface area (Å²) in [6.07, 6.45) is -4.49. The van der Waals surface area contributed by atoms with Gasteiger partial charge in [0.25, 0.3) is 0 Å². The van der Waals surface area contributed by atoms with Crippen LogP contribution in [0, 0.1) is 0 Å². The van der Waals surface area contributed by atoms with Crippen molar-refractivity contribution in [3.8, 4) is 11.5 Å². The highest BCUT2D eigenvalue weighted by molar-refractivity contribution is 5.90. The van der Waals surface area contributed by atoms with Gasteiger partial charge in [-0.3, -0.25) is 0 Å². The van der Waals surface area contributed by atoms with E-state index in [-0.39, 0.29) is 17.2 Å². The molecule has 0 bridgehead atoms. The maximum Gasteiger partial charge on any atom is 0.422 e. The number of anilines is 1. The van der Waals surface area contributed by atoms with Crippen molar-refractivity contribution in [3.05, 3.63) is 48.3 Å². The number of halogens is 3. The first kappa shape index (κ1) is 20.3. The van der Waals surface area contributed by atoms with Gasteiger partial charge in [0, 0.05) is 11.8 Å². The summed E-state index contributed by atoms with van der Waals surface area (Å²) in [5.74, 6) is 0.564. The molecule has 0 aliphatic rings. The van der Waals surface area contributed by atoms with Crippen LogP contribution in [0.2, 0.25) is 0 Å². The van der Waals surface area contributed by atoms with Gasteiger partial charge in [-0.1, -0.05) is 12.1 Å². The number of hydrogen-bond donors (Lipinski definition) is 3. The molecule has 1 aromatic heterocycles. The molecule has 7 nitrogen and oxygen atoms in total. The summed E-state index contributed by atoms with van der Waals surface area (Å²) in [6.45, 7) is 0.283. The van der Waals surface area contributed by atoms with Crippen LogP contribution in [0.25, 0.3) is 11.0 Å². The number of benzene rings is 2. The van der Waals surface area contributed by atoms with Crippen LogP contribution in [0.1, 0.15) is 18.8 Å². The van der Waals surface area contributed by atoms with Gasteiger partial charge in [0.1, 0.15) is 5.82 Å². The van der Waals surface area contributed by atoms with Crippen LogP contribution in [0.5, 0.6) is 11.5 Å². The van der Waals surface area contributed by atoms with Gasteiger partial charge in [-0.25, -0.2) is 9.78 Å². The van der Waals surface area contributed by atoms with Gasteiger partial charge in [0.2, 0.25) is 0 Å². The number of carbonyl (C=O) groups excluding carboxylic acids is 1. The van der Waals surface area contributed by atoms with Crippen LogP contribution in [0.15, 0.2) is 42.5 Å². The second-order valence-electron chi connectivity index (χ2n) is 6.23. The molecular formula is C19H19F3N4O3. The molecular weight excluding hydrogens is 389 g/mol. The Morgan fingerprint density at radius 3 is 2.66 bits per heavy atom. The lowest BCUT2D eigenvalue weighted by Gasteiger charge is -2.15. The van der Waals surface area contributed by atoms with Crippen LogP contribution < -0.4 is 20.1 Å². The minimum atomic E-state index is -4.49. The number of fused-ring (bicyclic) bond motifs is 1. The lowest BCUT2D eigenvalue weighted by Crippen LogP contribution is -2.31. The zero-order valence-corrected chi connectivity index (χ0v) is 15.6. The number of methoxy groups -OCH3 is 1. The Kier molecular flexibility index (Phi) is 5.81. The monoisotopic (exact) mass is 408 g/mol. The number of amides is 2. The van der Waals surface area contributed by atoms with E-state index in [0.29, 0.717) is 5.82 Å². The molecule has 1 atom stereocenters. The molecule has 3 rings (SSSR count). The molecule has 29 heavy (non-hydrogen) atoms. The van der Waals surface area contributed by atoms with E-state index in [9.17, 15) is 18.0 Å². The molecule has 3 N–H and O–H groups in total. The van der Waals surface area contributed by atoms with E-state index in [4.69, 9.17) is 9.47 Å². The lowest BCUT2D eigenvalue weighted by molar-refractivity contribution is -0.153. The van der Waals surface area contributed by atoms with Crippen LogP contribution in [0.3, 0.4) is 0 Å². The number of urea groups is 1. The smallest absolute Gasteiger partial charge is 0.422 e. The van der Waals surface area contributed by atoms with Gasteiger partial charge in [-0.2, -0.15) is 13.2 Å². The summed E-state index contributed by atoms with van der Waals surface area (Å²) in [5, 5.41) is 5.27. The minimum Gasteiger partial charge on any atom is -0.493 e. The van der Waals surface area contributed by atoms with Gasteiger partial charge in [-0.15, -0.1) is 0 Å². The summed E-state index contributed by atoms with van der Waals surface area (Å²) in [4.78, 5) is 19.8. The Balaban J connectivity index is 1.66. The van der Waals surface area contributed by atoms with E-state index in [1.807, 2.05) is 24.3 Å². The van der Waals surface area contributed by atoms with Crippen molar-refractivity contribution in [2.75, 3.05) is 19.0 Å². The van der Waals surface area contributed by atoms with Crippen LogP contribution in [0.4, 0.5) is 23.7 Å². The highest BCUT2D eigenvalue weighted by Gasteiger charge is 2.29. The van der Waals surface area contributed by atoms with E-state index in [0.717, 1.165) is 11.0 Å². The van der Waals surface area contributed by atoms with E-state index >= 15 is 0 Å². The SMILES string of the molecule is COc1ccc(NC(=O)NC(C)c2nc3ccccc3[nH]2)cc1OCC(F)(F)F. The van der Waals surface area contributed by atoms with E-state index < -0.39 is 24.9 Å². The summed E-state index contributed by atoms with van der Waals surface area (Å²) < 4.78 is 47.0. The Morgan fingerprint density at radius 1 is 1.21 bits per heavy atom. The number of aromatic amines is 1. The van der Waals surface area contributed by atoms with Crippen LogP contribution in [-0.2, 0) is 0 Å². The van der Waals surface area contributed by atoms with Crippen molar-refractivity contribution in [2.24, 2.45) is 0 Å². The molecule has 2 aromatic carbocycles. The predicted molar refractivity (Wildman–Crippen MR) is 101 cm³/mol. The van der Waals surface area contributed by atoms with Crippen molar-refractivity contribution in [3.63, 3.8) is 0 Å². The van der Waals surface area contributed by atoms with Crippen molar-refractivity contribution >= 4 is 22.8 Å². The van der Waals surface area contributed by atoms with Crippen LogP contribution >= 0.6 is 0 Å². The Morgan fingerprint density at radius 2 is 1.97 bits per heavy atom. The number of nitrogens with one attached hydrogen (secondary N) is 3. The normalized spacial score (nSPS) is 12.4. The number of imidazole rings is 1. The summed E-state index contributed by atoms with van der Waals surface area (Å²) in [5.41, 5.74) is 1.87. The molecule has 3 aromatic rings. The number of aromatic nitrogens is 2. The van der Waals surface area contributed by atoms with E-state index in [1.165, 1.54) is 25.3 Å². The van der Waals surface area contributed by atoms with Crippen molar-refractivity contribution in [2.45, 2.75) is 19.1 Å². The lowest BCUT2D eigenvalue weighted by atomic mass is 10.2. The molecule has 0 saturated carbocycles. The maximum absolute atomic E-state index is 12.4. The second-order valence-corrected chi connectivity index (χ2v) is 6.23. The molecule has 10 heteroatoms. The third-order valence-corrected chi connectivity index (χ3v) is 3.98. The zero-order valence-electron chi connectivity index (χ0n) is 15.6. The average molecular weight is 408 g/mol. The number of hydrogen-bond acceptors (Lipinski definition) is 4. The van der Waals surface area contributed by atoms with Gasteiger partial charge in [-0.05, 0) is 31.2 Å². The number of rotatable bonds is 6. The fraction of sp³-hybridized carbons (Fsp3) is 0.263. The zero-order chi connectivity index (χ0) is 21.0. The first-order chi connectivity index (χ1) is 13.7. The van der Waals surface area contributed by atoms with Gasteiger partial charge in [0.05, 0.1) is 24.2 Å². The molecule has 0 aliphatic carbocycles. The molecule has 1 unspecified atom stereocenters. The molecule has 2 amide bonds. The largest absolute Gasteiger partial charge is 0.493 e.